The van der Waals surface area contributed by atoms with Crippen LogP contribution in [0.25, 0.3) is 11.1 Å². The average Bonchev–Trinajstić information content (AvgIpc) is 3.24. The molecule has 3 rings (SSSR count). The van der Waals surface area contributed by atoms with Crippen molar-refractivity contribution in [3.63, 3.8) is 0 Å². The Labute approximate surface area is 223 Å². The molecule has 0 spiro atoms. The molecule has 0 radical (unpaired) electrons. The van der Waals surface area contributed by atoms with E-state index in [4.69, 9.17) is 33.5 Å². The van der Waals surface area contributed by atoms with Crippen molar-refractivity contribution in [3.05, 3.63) is 59.7 Å². The van der Waals surface area contributed by atoms with Gasteiger partial charge in [0.15, 0.2) is 0 Å². The molecule has 0 saturated heterocycles. The maximum Gasteiger partial charge on any atom is 0.407 e. The zero-order chi connectivity index (χ0) is 26.8. The molecule has 2 aromatic carbocycles. The predicted molar refractivity (Wildman–Crippen MR) is 139 cm³/mol. The number of carbonyl (C=O) groups is 2. The van der Waals surface area contributed by atoms with Gasteiger partial charge in [0.25, 0.3) is 0 Å². The van der Waals surface area contributed by atoms with Gasteiger partial charge in [0.1, 0.15) is 13.2 Å². The smallest absolute Gasteiger partial charge is 0.407 e. The maximum atomic E-state index is 12.2. The fraction of sp³-hybridized carbons (Fsp3) is 0.500. The van der Waals surface area contributed by atoms with E-state index in [2.05, 4.69) is 29.6 Å². The summed E-state index contributed by atoms with van der Waals surface area (Å²) in [4.78, 5) is 22.4. The van der Waals surface area contributed by atoms with Gasteiger partial charge < -0.3 is 38.8 Å². The Morgan fingerprint density at radius 1 is 0.684 bits per heavy atom. The van der Waals surface area contributed by atoms with E-state index in [-0.39, 0.29) is 19.1 Å². The number of benzene rings is 2. The number of rotatable bonds is 20. The van der Waals surface area contributed by atoms with Crippen molar-refractivity contribution in [2.45, 2.75) is 12.3 Å². The van der Waals surface area contributed by atoms with Gasteiger partial charge in [0.05, 0.1) is 52.9 Å². The van der Waals surface area contributed by atoms with Crippen LogP contribution >= 0.6 is 0 Å². The number of fused-ring (bicyclic) bond motifs is 3. The highest BCUT2D eigenvalue weighted by atomic mass is 16.6. The van der Waals surface area contributed by atoms with E-state index in [0.29, 0.717) is 72.4 Å². The van der Waals surface area contributed by atoms with Crippen molar-refractivity contribution in [1.82, 2.24) is 5.32 Å². The number of ether oxygens (including phenoxy) is 6. The average molecular weight is 532 g/mol. The molecule has 0 heterocycles. The van der Waals surface area contributed by atoms with E-state index in [1.165, 1.54) is 22.3 Å². The molecule has 0 fully saturated rings. The molecule has 10 heteroatoms. The monoisotopic (exact) mass is 531 g/mol. The molecule has 0 aromatic heterocycles. The van der Waals surface area contributed by atoms with Crippen molar-refractivity contribution in [1.29, 1.82) is 0 Å². The van der Waals surface area contributed by atoms with Crippen LogP contribution in [0.1, 0.15) is 23.5 Å². The summed E-state index contributed by atoms with van der Waals surface area (Å²) in [7, 11) is 0. The molecule has 0 saturated carbocycles. The zero-order valence-corrected chi connectivity index (χ0v) is 21.6. The number of aliphatic carboxylic acids is 1. The van der Waals surface area contributed by atoms with Gasteiger partial charge in [-0.3, -0.25) is 0 Å². The number of carboxylic acid groups (broad SMARTS) is 1. The summed E-state index contributed by atoms with van der Waals surface area (Å²) in [5.41, 5.74) is 4.79. The van der Waals surface area contributed by atoms with Crippen molar-refractivity contribution < 1.29 is 43.1 Å². The molecule has 208 valence electrons. The highest BCUT2D eigenvalue weighted by molar-refractivity contribution is 5.79. The van der Waals surface area contributed by atoms with E-state index in [1.54, 1.807) is 0 Å². The van der Waals surface area contributed by atoms with Crippen LogP contribution < -0.4 is 5.32 Å². The lowest BCUT2D eigenvalue weighted by Gasteiger charge is -2.14. The van der Waals surface area contributed by atoms with E-state index in [0.717, 1.165) is 0 Å². The maximum absolute atomic E-state index is 12.2. The number of hydrogen-bond donors (Lipinski definition) is 2. The number of carbonyl (C=O) groups excluding carboxylic acids is 1. The molecular weight excluding hydrogens is 494 g/mol. The molecule has 38 heavy (non-hydrogen) atoms. The molecule has 0 aliphatic heterocycles. The van der Waals surface area contributed by atoms with E-state index < -0.39 is 12.1 Å². The lowest BCUT2D eigenvalue weighted by atomic mass is 9.98. The van der Waals surface area contributed by atoms with Crippen molar-refractivity contribution in [2.75, 3.05) is 79.2 Å². The molecule has 2 N–H and O–H groups in total. The zero-order valence-electron chi connectivity index (χ0n) is 21.6. The van der Waals surface area contributed by atoms with Crippen LogP contribution in [-0.2, 0) is 33.2 Å². The van der Waals surface area contributed by atoms with Crippen LogP contribution in [0.15, 0.2) is 48.5 Å². The third-order valence-electron chi connectivity index (χ3n) is 5.79. The predicted octanol–water partition coefficient (Wildman–Crippen LogP) is 3.08. The first kappa shape index (κ1) is 29.5. The summed E-state index contributed by atoms with van der Waals surface area (Å²) in [5.74, 6) is -0.950. The van der Waals surface area contributed by atoms with Crippen LogP contribution in [0.4, 0.5) is 4.79 Å². The number of carboxylic acids is 1. The lowest BCUT2D eigenvalue weighted by Crippen LogP contribution is -2.27. The molecule has 10 nitrogen and oxygen atoms in total. The largest absolute Gasteiger partial charge is 0.480 e. The van der Waals surface area contributed by atoms with Crippen LogP contribution in [0.2, 0.25) is 0 Å². The second-order valence-corrected chi connectivity index (χ2v) is 8.50. The van der Waals surface area contributed by atoms with Crippen LogP contribution in [0.3, 0.4) is 0 Å². The Hall–Kier alpha value is -3.02. The van der Waals surface area contributed by atoms with E-state index >= 15 is 0 Å². The normalized spacial score (nSPS) is 12.2. The molecular formula is C28H37NO9. The third kappa shape index (κ3) is 10.4. The summed E-state index contributed by atoms with van der Waals surface area (Å²) < 4.78 is 31.9. The minimum atomic E-state index is -0.998. The Kier molecular flexibility index (Phi) is 13.6. The first-order valence-corrected chi connectivity index (χ1v) is 12.9. The van der Waals surface area contributed by atoms with E-state index in [1.807, 2.05) is 24.3 Å². The second-order valence-electron chi connectivity index (χ2n) is 8.50. The quantitative estimate of drug-likeness (QED) is 0.248. The fourth-order valence-electron chi connectivity index (χ4n) is 4.05. The van der Waals surface area contributed by atoms with Gasteiger partial charge in [0.2, 0.25) is 0 Å². The molecule has 0 unspecified atom stereocenters. The Morgan fingerprint density at radius 2 is 1.16 bits per heavy atom. The first-order chi connectivity index (χ1) is 18.7. The highest BCUT2D eigenvalue weighted by Gasteiger charge is 2.28. The molecule has 1 amide bonds. The minimum Gasteiger partial charge on any atom is -0.480 e. The number of nitrogens with one attached hydrogen (secondary N) is 1. The Morgan fingerprint density at radius 3 is 1.68 bits per heavy atom. The summed E-state index contributed by atoms with van der Waals surface area (Å²) >= 11 is 0. The second kappa shape index (κ2) is 17.5. The standard InChI is InChI=1S/C28H37NO9/c30-27(31)21-37-19-18-36-17-16-35-15-14-34-13-12-33-11-5-10-29-28(32)38-20-26-24-8-3-1-6-22(24)23-7-2-4-9-25(23)26/h1-4,6-9,26H,5,10-21H2,(H,29,32)(H,30,31). The number of alkyl carbamates (subject to hydrolysis) is 1. The van der Waals surface area contributed by atoms with Crippen molar-refractivity contribution in [3.8, 4) is 11.1 Å². The molecule has 2 aromatic rings. The van der Waals surface area contributed by atoms with Gasteiger partial charge in [0, 0.05) is 19.1 Å². The lowest BCUT2D eigenvalue weighted by molar-refractivity contribution is -0.142. The van der Waals surface area contributed by atoms with Crippen molar-refractivity contribution in [2.24, 2.45) is 0 Å². The minimum absolute atomic E-state index is 0.0483. The van der Waals surface area contributed by atoms with Gasteiger partial charge in [-0.15, -0.1) is 0 Å². The third-order valence-corrected chi connectivity index (χ3v) is 5.79. The number of hydrogen-bond acceptors (Lipinski definition) is 8. The molecule has 0 bridgehead atoms. The Bertz CT molecular complexity index is 939. The topological polar surface area (TPSA) is 122 Å². The molecule has 0 atom stereocenters. The summed E-state index contributed by atoms with van der Waals surface area (Å²) in [6, 6.07) is 16.5. The molecule has 1 aliphatic rings. The van der Waals surface area contributed by atoms with Crippen molar-refractivity contribution >= 4 is 12.1 Å². The van der Waals surface area contributed by atoms with Gasteiger partial charge in [-0.2, -0.15) is 0 Å². The van der Waals surface area contributed by atoms with Gasteiger partial charge in [-0.1, -0.05) is 48.5 Å². The van der Waals surface area contributed by atoms with Crippen LogP contribution in [0.5, 0.6) is 0 Å². The number of amides is 1. The first-order valence-electron chi connectivity index (χ1n) is 12.9. The summed E-state index contributed by atoms with van der Waals surface area (Å²) in [5, 5.41) is 11.2. The fourth-order valence-corrected chi connectivity index (χ4v) is 4.05. The van der Waals surface area contributed by atoms with Crippen LogP contribution in [0, 0.1) is 0 Å². The Balaban J connectivity index is 1.11. The van der Waals surface area contributed by atoms with Gasteiger partial charge in [-0.25, -0.2) is 9.59 Å². The summed E-state index contributed by atoms with van der Waals surface area (Å²) in [6.07, 6.45) is 0.251. The van der Waals surface area contributed by atoms with Gasteiger partial charge >= 0.3 is 12.1 Å². The van der Waals surface area contributed by atoms with Crippen LogP contribution in [-0.4, -0.2) is 96.4 Å². The SMILES string of the molecule is O=C(O)COCCOCCOCCOCCOCCCNC(=O)OCC1c2ccccc2-c2ccccc21. The van der Waals surface area contributed by atoms with E-state index in [9.17, 15) is 9.59 Å². The molecule has 1 aliphatic carbocycles. The summed E-state index contributed by atoms with van der Waals surface area (Å²) in [6.45, 7) is 4.18. The van der Waals surface area contributed by atoms with Gasteiger partial charge in [-0.05, 0) is 28.7 Å². The highest BCUT2D eigenvalue weighted by Crippen LogP contribution is 2.44.